The van der Waals surface area contributed by atoms with Gasteiger partial charge in [-0.3, -0.25) is 19.9 Å². The average Bonchev–Trinajstić information content (AvgIpc) is 3.33. The Bertz CT molecular complexity index is 2090. The monoisotopic (exact) mass is 795 g/mol. The van der Waals surface area contributed by atoms with Gasteiger partial charge in [0.15, 0.2) is 11.3 Å². The van der Waals surface area contributed by atoms with E-state index in [0.29, 0.717) is 9.87 Å². The molecule has 0 spiro atoms. The topological polar surface area (TPSA) is 142 Å². The molecule has 1 fully saturated rings. The molecule has 2 unspecified atom stereocenters. The first-order chi connectivity index (χ1) is 25.1. The molecule has 18 heteroatoms. The number of hydrogen-bond acceptors (Lipinski definition) is 10. The van der Waals surface area contributed by atoms with Crippen molar-refractivity contribution < 1.29 is 50.1 Å². The van der Waals surface area contributed by atoms with Crippen molar-refractivity contribution in [2.45, 2.75) is 56.1 Å². The van der Waals surface area contributed by atoms with Crippen LogP contribution >= 0.6 is 11.6 Å². The van der Waals surface area contributed by atoms with E-state index in [1.54, 1.807) is 55.7 Å². The summed E-state index contributed by atoms with van der Waals surface area (Å²) in [6.45, 7) is 6.79. The fourth-order valence-corrected chi connectivity index (χ4v) is 8.48. The van der Waals surface area contributed by atoms with Gasteiger partial charge in [-0.15, -0.1) is 13.2 Å². The van der Waals surface area contributed by atoms with Crippen LogP contribution in [0.15, 0.2) is 59.5 Å². The Hall–Kier alpha value is -4.74. The number of benzene rings is 3. The molecule has 292 valence electrons. The van der Waals surface area contributed by atoms with E-state index in [0.717, 1.165) is 18.2 Å². The Kier molecular flexibility index (Phi) is 10.8. The number of alkyl halides is 3. The first kappa shape index (κ1) is 40.4. The number of anilines is 1. The van der Waals surface area contributed by atoms with E-state index in [1.807, 2.05) is 0 Å². The molecule has 2 heterocycles. The van der Waals surface area contributed by atoms with Crippen molar-refractivity contribution in [3.63, 3.8) is 0 Å². The number of amidine groups is 1. The van der Waals surface area contributed by atoms with Crippen LogP contribution in [-0.4, -0.2) is 107 Å². The molecule has 1 N–H and O–H groups in total. The Labute approximate surface area is 316 Å². The largest absolute Gasteiger partial charge is 0.573 e. The molecule has 2 aliphatic rings. The Morgan fingerprint density at radius 2 is 1.65 bits per heavy atom. The van der Waals surface area contributed by atoms with Crippen LogP contribution in [-0.2, 0) is 29.9 Å². The normalized spacial score (nSPS) is 19.3. The lowest BCUT2D eigenvalue weighted by Gasteiger charge is -2.50. The average molecular weight is 796 g/mol. The van der Waals surface area contributed by atoms with Crippen molar-refractivity contribution in [3.05, 3.63) is 76.3 Å². The Morgan fingerprint density at radius 1 is 0.963 bits per heavy atom. The molecule has 3 aromatic carbocycles. The third-order valence-electron chi connectivity index (χ3n) is 8.93. The molecule has 5 rings (SSSR count). The maximum Gasteiger partial charge on any atom is 0.573 e. The fraction of sp³-hybridized carbons (Fsp3) is 0.417. The van der Waals surface area contributed by atoms with Crippen molar-refractivity contribution in [3.8, 4) is 17.2 Å². The van der Waals surface area contributed by atoms with Crippen LogP contribution in [0.5, 0.6) is 17.2 Å². The number of nitrogens with zero attached hydrogens (tertiary/aromatic N) is 4. The summed E-state index contributed by atoms with van der Waals surface area (Å²) in [5.41, 5.74) is -2.39. The van der Waals surface area contributed by atoms with E-state index in [4.69, 9.17) is 31.2 Å². The smallest absolute Gasteiger partial charge is 0.497 e. The van der Waals surface area contributed by atoms with Crippen LogP contribution in [0.4, 0.5) is 18.9 Å². The number of methoxy groups -OCH3 is 2. The van der Waals surface area contributed by atoms with Crippen LogP contribution in [0.1, 0.15) is 37.5 Å². The van der Waals surface area contributed by atoms with Crippen molar-refractivity contribution in [2.24, 2.45) is 0 Å². The summed E-state index contributed by atoms with van der Waals surface area (Å²) < 4.78 is 92.1. The van der Waals surface area contributed by atoms with E-state index in [2.05, 4.69) is 4.74 Å². The molecule has 3 aromatic rings. The summed E-state index contributed by atoms with van der Waals surface area (Å²) in [5.74, 6) is -2.78. The number of sulfonamides is 1. The predicted octanol–water partition coefficient (Wildman–Crippen LogP) is 5.37. The number of piperazine rings is 1. The minimum Gasteiger partial charge on any atom is -0.497 e. The van der Waals surface area contributed by atoms with Crippen LogP contribution in [0.2, 0.25) is 5.02 Å². The van der Waals surface area contributed by atoms with Gasteiger partial charge in [0.1, 0.15) is 28.0 Å². The number of hydrogen-bond donors (Lipinski definition) is 1. The van der Waals surface area contributed by atoms with Crippen molar-refractivity contribution in [2.75, 3.05) is 52.3 Å². The predicted molar refractivity (Wildman–Crippen MR) is 194 cm³/mol. The molecule has 0 radical (unpaired) electrons. The van der Waals surface area contributed by atoms with Gasteiger partial charge in [-0.05, 0) is 70.2 Å². The van der Waals surface area contributed by atoms with Crippen LogP contribution in [0.3, 0.4) is 0 Å². The number of ether oxygens (including phenoxy) is 4. The van der Waals surface area contributed by atoms with Crippen molar-refractivity contribution in [1.82, 2.24) is 14.7 Å². The maximum absolute atomic E-state index is 15.7. The number of carbonyl (C=O) groups excluding carboxylic acids is 2. The second kappa shape index (κ2) is 14.5. The number of aryl methyl sites for hydroxylation is 1. The third-order valence-corrected chi connectivity index (χ3v) is 10.9. The maximum atomic E-state index is 15.7. The summed E-state index contributed by atoms with van der Waals surface area (Å²) >= 11 is 6.60. The second-order valence-corrected chi connectivity index (χ2v) is 16.1. The number of rotatable bonds is 8. The fourth-order valence-electron chi connectivity index (χ4n) is 6.75. The van der Waals surface area contributed by atoms with E-state index in [9.17, 15) is 26.4 Å². The summed E-state index contributed by atoms with van der Waals surface area (Å²) in [5, 5.41) is 8.82. The summed E-state index contributed by atoms with van der Waals surface area (Å²) in [6.07, 6.45) is -5.32. The molecular formula is C36H41ClF3N5O8S. The lowest BCUT2D eigenvalue weighted by atomic mass is 9.79. The molecule has 0 bridgehead atoms. The SMILES string of the molecule is COc1ccc(S(=O)(=O)N2C(=O)C(c3cc(C)ccc3OC)(N3CCN(C(=N)OC(C)(C)C)CC3C(=O)N(C)C)c3cc(Cl)ccc32)c(OC(F)(F)F)c1. The number of nitrogens with one attached hydrogen (secondary N) is 1. The number of halogens is 4. The third kappa shape index (κ3) is 7.36. The van der Waals surface area contributed by atoms with Gasteiger partial charge in [0.05, 0.1) is 19.9 Å². The van der Waals surface area contributed by atoms with Gasteiger partial charge in [0.2, 0.25) is 5.91 Å². The molecule has 2 atom stereocenters. The number of fused-ring (bicyclic) bond motifs is 1. The number of carbonyl (C=O) groups is 2. The van der Waals surface area contributed by atoms with Crippen LogP contribution in [0.25, 0.3) is 0 Å². The molecule has 2 amide bonds. The van der Waals surface area contributed by atoms with Gasteiger partial charge in [-0.2, -0.15) is 0 Å². The highest BCUT2D eigenvalue weighted by molar-refractivity contribution is 7.93. The first-order valence-corrected chi connectivity index (χ1v) is 18.4. The summed E-state index contributed by atoms with van der Waals surface area (Å²) in [7, 11) is 0.309. The lowest BCUT2D eigenvalue weighted by Crippen LogP contribution is -2.68. The minimum atomic E-state index is -5.32. The zero-order chi connectivity index (χ0) is 40.1. The molecule has 0 saturated carbocycles. The van der Waals surface area contributed by atoms with Crippen molar-refractivity contribution in [1.29, 1.82) is 5.41 Å². The first-order valence-electron chi connectivity index (χ1n) is 16.6. The highest BCUT2D eigenvalue weighted by Gasteiger charge is 2.63. The van der Waals surface area contributed by atoms with Gasteiger partial charge >= 0.3 is 6.36 Å². The van der Waals surface area contributed by atoms with Gasteiger partial charge in [0, 0.05) is 55.9 Å². The van der Waals surface area contributed by atoms with E-state index >= 15 is 4.79 Å². The number of amides is 2. The van der Waals surface area contributed by atoms with Gasteiger partial charge in [0.25, 0.3) is 22.0 Å². The Balaban J connectivity index is 1.84. The number of likely N-dealkylation sites (N-methyl/N-ethyl adjacent to an activating group) is 1. The highest BCUT2D eigenvalue weighted by Crippen LogP contribution is 2.55. The van der Waals surface area contributed by atoms with Gasteiger partial charge in [-0.25, -0.2) is 12.7 Å². The lowest BCUT2D eigenvalue weighted by molar-refractivity contribution is -0.275. The van der Waals surface area contributed by atoms with E-state index in [1.165, 1.54) is 51.4 Å². The molecule has 13 nitrogen and oxygen atoms in total. The van der Waals surface area contributed by atoms with Gasteiger partial charge < -0.3 is 28.7 Å². The molecule has 0 aromatic heterocycles. The Morgan fingerprint density at radius 3 is 2.24 bits per heavy atom. The van der Waals surface area contributed by atoms with Gasteiger partial charge in [-0.1, -0.05) is 23.2 Å². The van der Waals surface area contributed by atoms with Crippen LogP contribution in [0, 0.1) is 12.3 Å². The molecule has 0 aliphatic carbocycles. The second-order valence-electron chi connectivity index (χ2n) is 13.9. The summed E-state index contributed by atoms with van der Waals surface area (Å²) in [6, 6.07) is 10.2. The standard InChI is InChI=1S/C36H41ClF3N5O8S/c1-21-9-13-28(51-8)25(17-21)35(44-16-15-43(33(41)53-34(2,3)4)20-27(44)31(46)42(5)6)24-18-22(37)10-12-26(24)45(32(35)47)54(48,49)30-14-11-23(50-7)19-29(30)52-36(38,39)40/h9-14,17-19,27,41H,15-16,20H2,1-8H3. The quantitative estimate of drug-likeness (QED) is 0.234. The highest BCUT2D eigenvalue weighted by atomic mass is 35.5. The molecule has 2 aliphatic heterocycles. The molecule has 1 saturated heterocycles. The van der Waals surface area contributed by atoms with E-state index < -0.39 is 56.0 Å². The molecular weight excluding hydrogens is 755 g/mol. The zero-order valence-electron chi connectivity index (χ0n) is 30.9. The van der Waals surface area contributed by atoms with E-state index in [-0.39, 0.29) is 59.0 Å². The van der Waals surface area contributed by atoms with Crippen LogP contribution < -0.4 is 18.5 Å². The summed E-state index contributed by atoms with van der Waals surface area (Å²) in [4.78, 5) is 33.3. The minimum absolute atomic E-state index is 0.0188. The molecule has 54 heavy (non-hydrogen) atoms. The van der Waals surface area contributed by atoms with Crippen molar-refractivity contribution >= 4 is 45.1 Å². The zero-order valence-corrected chi connectivity index (χ0v) is 32.4.